The van der Waals surface area contributed by atoms with Crippen molar-refractivity contribution in [3.63, 3.8) is 0 Å². The highest BCUT2D eigenvalue weighted by Gasteiger charge is 2.66. The number of aromatic nitrogens is 2. The third-order valence-electron chi connectivity index (χ3n) is 4.84. The molecule has 1 saturated carbocycles. The summed E-state index contributed by atoms with van der Waals surface area (Å²) in [6.07, 6.45) is 1.74. The number of nitrogens with one attached hydrogen (secondary N) is 1. The van der Waals surface area contributed by atoms with Gasteiger partial charge in [0.15, 0.2) is 0 Å². The number of nitrogens with zero attached hydrogens (tertiary/aromatic N) is 2. The van der Waals surface area contributed by atoms with Crippen molar-refractivity contribution in [1.29, 1.82) is 0 Å². The molecule has 24 heavy (non-hydrogen) atoms. The number of imidazole rings is 1. The number of rotatable bonds is 5. The number of hydrogen-bond acceptors (Lipinski definition) is 3. The largest absolute Gasteiger partial charge is 0.481 e. The Morgan fingerprint density at radius 2 is 1.92 bits per heavy atom. The van der Waals surface area contributed by atoms with Crippen LogP contribution in [0, 0.1) is 17.3 Å². The predicted molar refractivity (Wildman–Crippen MR) is 88.9 cm³/mol. The van der Waals surface area contributed by atoms with Crippen LogP contribution in [0.4, 0.5) is 0 Å². The summed E-state index contributed by atoms with van der Waals surface area (Å²) < 4.78 is 0. The first kappa shape index (κ1) is 16.2. The molecule has 6 nitrogen and oxygen atoms in total. The highest BCUT2D eigenvalue weighted by atomic mass is 16.4. The lowest BCUT2D eigenvalue weighted by molar-refractivity contribution is -0.141. The van der Waals surface area contributed by atoms with E-state index >= 15 is 0 Å². The SMILES string of the molecule is CN(Cc1ncc(-c2ccccc2)[nH]1)C(=O)[C@@H]1[C@H](C(=O)O)C1(C)C. The number of amides is 1. The van der Waals surface area contributed by atoms with Gasteiger partial charge in [0.1, 0.15) is 5.82 Å². The number of hydrogen-bond donors (Lipinski definition) is 2. The minimum absolute atomic E-state index is 0.148. The van der Waals surface area contributed by atoms with Gasteiger partial charge in [0.05, 0.1) is 30.3 Å². The smallest absolute Gasteiger partial charge is 0.307 e. The molecule has 1 heterocycles. The molecule has 0 saturated heterocycles. The minimum atomic E-state index is -0.906. The summed E-state index contributed by atoms with van der Waals surface area (Å²) in [6.45, 7) is 3.97. The zero-order chi connectivity index (χ0) is 17.5. The maximum Gasteiger partial charge on any atom is 0.307 e. The number of carbonyl (C=O) groups excluding carboxylic acids is 1. The van der Waals surface area contributed by atoms with Gasteiger partial charge in [0.25, 0.3) is 0 Å². The standard InChI is InChI=1S/C18H21N3O3/c1-18(2)14(15(18)17(23)24)16(22)21(3)10-13-19-9-12(20-13)11-7-5-4-6-8-11/h4-9,14-15H,10H2,1-3H3,(H,19,20)(H,23,24)/t14-,15+/m0/s1. The molecule has 1 aliphatic carbocycles. The van der Waals surface area contributed by atoms with E-state index in [0.717, 1.165) is 11.3 Å². The molecule has 126 valence electrons. The van der Waals surface area contributed by atoms with E-state index in [-0.39, 0.29) is 5.91 Å². The van der Waals surface area contributed by atoms with Crippen LogP contribution in [-0.4, -0.2) is 38.9 Å². The van der Waals surface area contributed by atoms with Gasteiger partial charge < -0.3 is 15.0 Å². The van der Waals surface area contributed by atoms with Crippen molar-refractivity contribution in [2.24, 2.45) is 17.3 Å². The van der Waals surface area contributed by atoms with Gasteiger partial charge in [0.2, 0.25) is 5.91 Å². The fourth-order valence-electron chi connectivity index (χ4n) is 3.31. The van der Waals surface area contributed by atoms with Crippen molar-refractivity contribution >= 4 is 11.9 Å². The number of carboxylic acid groups (broad SMARTS) is 1. The van der Waals surface area contributed by atoms with Gasteiger partial charge in [-0.25, -0.2) is 4.98 Å². The Morgan fingerprint density at radius 3 is 2.50 bits per heavy atom. The van der Waals surface area contributed by atoms with Gasteiger partial charge in [-0.3, -0.25) is 9.59 Å². The molecule has 0 radical (unpaired) electrons. The van der Waals surface area contributed by atoms with E-state index in [0.29, 0.717) is 12.4 Å². The van der Waals surface area contributed by atoms with Gasteiger partial charge in [0, 0.05) is 7.05 Å². The topological polar surface area (TPSA) is 86.3 Å². The van der Waals surface area contributed by atoms with Gasteiger partial charge in [-0.1, -0.05) is 44.2 Å². The Bertz CT molecular complexity index is 767. The van der Waals surface area contributed by atoms with Crippen LogP contribution in [0.2, 0.25) is 0 Å². The second-order valence-corrected chi connectivity index (χ2v) is 6.92. The fraction of sp³-hybridized carbons (Fsp3) is 0.389. The average Bonchev–Trinajstić information content (AvgIpc) is 2.89. The van der Waals surface area contributed by atoms with E-state index in [4.69, 9.17) is 0 Å². The molecule has 1 fully saturated rings. The molecule has 1 aromatic carbocycles. The molecule has 0 unspecified atom stereocenters. The third kappa shape index (κ3) is 2.79. The second-order valence-electron chi connectivity index (χ2n) is 6.92. The number of benzene rings is 1. The molecule has 0 aliphatic heterocycles. The van der Waals surface area contributed by atoms with E-state index in [1.807, 2.05) is 44.2 Å². The van der Waals surface area contributed by atoms with E-state index in [2.05, 4.69) is 9.97 Å². The number of aliphatic carboxylic acids is 1. The summed E-state index contributed by atoms with van der Waals surface area (Å²) in [5.41, 5.74) is 1.43. The Labute approximate surface area is 140 Å². The van der Waals surface area contributed by atoms with Crippen molar-refractivity contribution < 1.29 is 14.7 Å². The van der Waals surface area contributed by atoms with Crippen LogP contribution in [0.5, 0.6) is 0 Å². The lowest BCUT2D eigenvalue weighted by Crippen LogP contribution is -2.30. The summed E-state index contributed by atoms with van der Waals surface area (Å²) in [7, 11) is 1.68. The monoisotopic (exact) mass is 327 g/mol. The summed E-state index contributed by atoms with van der Waals surface area (Å²) in [4.78, 5) is 32.9. The molecule has 1 amide bonds. The zero-order valence-corrected chi connectivity index (χ0v) is 14.0. The van der Waals surface area contributed by atoms with E-state index in [9.17, 15) is 14.7 Å². The van der Waals surface area contributed by atoms with Gasteiger partial charge in [-0.05, 0) is 11.0 Å². The number of aromatic amines is 1. The lowest BCUT2D eigenvalue weighted by atomic mass is 10.1. The number of carboxylic acids is 1. The summed E-state index contributed by atoms with van der Waals surface area (Å²) >= 11 is 0. The summed E-state index contributed by atoms with van der Waals surface area (Å²) in [6, 6.07) is 9.82. The molecule has 6 heteroatoms. The van der Waals surface area contributed by atoms with E-state index < -0.39 is 23.2 Å². The summed E-state index contributed by atoms with van der Waals surface area (Å²) in [5, 5.41) is 9.22. The highest BCUT2D eigenvalue weighted by molar-refractivity contribution is 5.91. The van der Waals surface area contributed by atoms with Crippen molar-refractivity contribution in [2.45, 2.75) is 20.4 Å². The van der Waals surface area contributed by atoms with Crippen molar-refractivity contribution in [3.05, 3.63) is 42.4 Å². The predicted octanol–water partition coefficient (Wildman–Crippen LogP) is 2.39. The lowest BCUT2D eigenvalue weighted by Gasteiger charge is -2.16. The molecule has 2 atom stereocenters. The van der Waals surface area contributed by atoms with Crippen molar-refractivity contribution in [3.8, 4) is 11.3 Å². The van der Waals surface area contributed by atoms with Gasteiger partial charge >= 0.3 is 5.97 Å². The minimum Gasteiger partial charge on any atom is -0.481 e. The number of carbonyl (C=O) groups is 2. The van der Waals surface area contributed by atoms with Crippen LogP contribution in [-0.2, 0) is 16.1 Å². The van der Waals surface area contributed by atoms with Crippen LogP contribution in [0.25, 0.3) is 11.3 Å². The second kappa shape index (κ2) is 5.78. The van der Waals surface area contributed by atoms with Crippen molar-refractivity contribution in [1.82, 2.24) is 14.9 Å². The Kier molecular flexibility index (Phi) is 3.91. The molecular weight excluding hydrogens is 306 g/mol. The average molecular weight is 327 g/mol. The molecule has 2 N–H and O–H groups in total. The molecule has 3 rings (SSSR count). The Morgan fingerprint density at radius 1 is 1.25 bits per heavy atom. The molecule has 0 bridgehead atoms. The van der Waals surface area contributed by atoms with Crippen LogP contribution in [0.3, 0.4) is 0 Å². The van der Waals surface area contributed by atoms with Crippen LogP contribution >= 0.6 is 0 Å². The molecule has 1 aliphatic rings. The van der Waals surface area contributed by atoms with E-state index in [1.165, 1.54) is 0 Å². The maximum absolute atomic E-state index is 12.5. The Balaban J connectivity index is 1.68. The normalized spacial score (nSPS) is 21.3. The quantitative estimate of drug-likeness (QED) is 0.883. The first-order chi connectivity index (χ1) is 11.3. The number of H-pyrrole nitrogens is 1. The highest BCUT2D eigenvalue weighted by Crippen LogP contribution is 2.58. The van der Waals surface area contributed by atoms with Crippen LogP contribution < -0.4 is 0 Å². The van der Waals surface area contributed by atoms with E-state index in [1.54, 1.807) is 18.1 Å². The molecular formula is C18H21N3O3. The van der Waals surface area contributed by atoms with Gasteiger partial charge in [-0.15, -0.1) is 0 Å². The van der Waals surface area contributed by atoms with Gasteiger partial charge in [-0.2, -0.15) is 0 Å². The van der Waals surface area contributed by atoms with Crippen LogP contribution in [0.15, 0.2) is 36.5 Å². The fourth-order valence-corrected chi connectivity index (χ4v) is 3.31. The molecule has 1 aromatic heterocycles. The Hall–Kier alpha value is -2.63. The maximum atomic E-state index is 12.5. The first-order valence-electron chi connectivity index (χ1n) is 7.89. The summed E-state index contributed by atoms with van der Waals surface area (Å²) in [5.74, 6) is -1.45. The first-order valence-corrected chi connectivity index (χ1v) is 7.89. The molecule has 2 aromatic rings. The third-order valence-corrected chi connectivity index (χ3v) is 4.84. The zero-order valence-electron chi connectivity index (χ0n) is 14.0. The molecule has 0 spiro atoms. The van der Waals surface area contributed by atoms with Crippen LogP contribution in [0.1, 0.15) is 19.7 Å². The van der Waals surface area contributed by atoms with Crippen molar-refractivity contribution in [2.75, 3.05) is 7.05 Å².